The molecule has 0 radical (unpaired) electrons. The van der Waals surface area contributed by atoms with Crippen LogP contribution < -0.4 is 4.74 Å². The molecule has 1 atom stereocenters. The number of hydrogen-bond acceptors (Lipinski definition) is 4. The van der Waals surface area contributed by atoms with Gasteiger partial charge in [0, 0.05) is 11.8 Å². The molecule has 4 nitrogen and oxygen atoms in total. The summed E-state index contributed by atoms with van der Waals surface area (Å²) in [5.74, 6) is 1.09. The normalized spacial score (nSPS) is 12.8. The van der Waals surface area contributed by atoms with Gasteiger partial charge in [-0.1, -0.05) is 42.5 Å². The van der Waals surface area contributed by atoms with Crippen LogP contribution in [0.25, 0.3) is 10.8 Å². The highest BCUT2D eigenvalue weighted by atomic mass is 16.5. The molecule has 0 aliphatic rings. The molecule has 1 N–H and O–H groups in total. The maximum atomic E-state index is 10.2. The number of fused-ring (bicyclic) bond motifs is 1. The third kappa shape index (κ3) is 3.86. The van der Waals surface area contributed by atoms with Crippen molar-refractivity contribution in [2.75, 3.05) is 27.7 Å². The molecule has 0 saturated carbocycles. The molecular weight excluding hydrogens is 324 g/mol. The maximum Gasteiger partial charge on any atom is 0.124 e. The second-order valence-corrected chi connectivity index (χ2v) is 6.47. The first-order chi connectivity index (χ1) is 12.6. The van der Waals surface area contributed by atoms with E-state index >= 15 is 0 Å². The van der Waals surface area contributed by atoms with E-state index in [9.17, 15) is 5.11 Å². The summed E-state index contributed by atoms with van der Waals surface area (Å²) in [6.07, 6.45) is 1.78. The highest BCUT2D eigenvalue weighted by molar-refractivity contribution is 6.02. The van der Waals surface area contributed by atoms with Crippen LogP contribution in [0, 0.1) is 0 Å². The summed E-state index contributed by atoms with van der Waals surface area (Å²) in [5.41, 5.74) is 1.94. The average molecular weight is 348 g/mol. The fourth-order valence-electron chi connectivity index (χ4n) is 3.06. The van der Waals surface area contributed by atoms with Crippen LogP contribution in [0.5, 0.6) is 11.5 Å². The van der Waals surface area contributed by atoms with Gasteiger partial charge in [-0.2, -0.15) is 0 Å². The summed E-state index contributed by atoms with van der Waals surface area (Å²) in [6, 6.07) is 19.8. The minimum absolute atomic E-state index is 0.147. The maximum absolute atomic E-state index is 10.2. The lowest BCUT2D eigenvalue weighted by Gasteiger charge is -2.23. The zero-order valence-corrected chi connectivity index (χ0v) is 15.4. The number of nitrogens with zero attached hydrogens (tertiary/aromatic N) is 2. The number of hydrogen-bond donors (Lipinski definition) is 1. The highest BCUT2D eigenvalue weighted by Gasteiger charge is 2.13. The molecule has 4 heteroatoms. The zero-order valence-electron chi connectivity index (χ0n) is 15.4. The number of aliphatic imine (C=N–C) groups is 1. The van der Waals surface area contributed by atoms with Crippen LogP contribution in [0.4, 0.5) is 0 Å². The predicted molar refractivity (Wildman–Crippen MR) is 107 cm³/mol. The fourth-order valence-corrected chi connectivity index (χ4v) is 3.06. The van der Waals surface area contributed by atoms with Gasteiger partial charge in [0.05, 0.1) is 19.7 Å². The van der Waals surface area contributed by atoms with Crippen LogP contribution in [-0.4, -0.2) is 44.0 Å². The van der Waals surface area contributed by atoms with E-state index in [-0.39, 0.29) is 11.8 Å². The van der Waals surface area contributed by atoms with Crippen molar-refractivity contribution in [3.63, 3.8) is 0 Å². The van der Waals surface area contributed by atoms with Crippen molar-refractivity contribution in [1.29, 1.82) is 0 Å². The van der Waals surface area contributed by atoms with Gasteiger partial charge >= 0.3 is 0 Å². The number of phenolic OH excluding ortho intramolecular Hbond substituents is 1. The largest absolute Gasteiger partial charge is 0.507 e. The smallest absolute Gasteiger partial charge is 0.124 e. The summed E-state index contributed by atoms with van der Waals surface area (Å²) in [7, 11) is 5.75. The van der Waals surface area contributed by atoms with Crippen molar-refractivity contribution in [2.45, 2.75) is 6.04 Å². The first-order valence-electron chi connectivity index (χ1n) is 8.61. The Labute approximate surface area is 154 Å². The van der Waals surface area contributed by atoms with Crippen molar-refractivity contribution < 1.29 is 9.84 Å². The Balaban J connectivity index is 1.84. The Bertz CT molecular complexity index is 902. The SMILES string of the molecule is COc1ccc([C@H](CN=Cc2c(O)ccc3ccccc23)N(C)C)cc1. The summed E-state index contributed by atoms with van der Waals surface area (Å²) in [6.45, 7) is 0.599. The summed E-state index contributed by atoms with van der Waals surface area (Å²) in [4.78, 5) is 6.78. The number of ether oxygens (including phenoxy) is 1. The molecule has 3 aromatic carbocycles. The molecule has 0 saturated heterocycles. The Morgan fingerprint density at radius 2 is 1.77 bits per heavy atom. The van der Waals surface area contributed by atoms with Crippen LogP contribution in [-0.2, 0) is 0 Å². The molecule has 0 bridgehead atoms. The third-order valence-corrected chi connectivity index (χ3v) is 4.57. The van der Waals surface area contributed by atoms with Gasteiger partial charge < -0.3 is 14.7 Å². The molecular formula is C22H24N2O2. The number of methoxy groups -OCH3 is 1. The molecule has 0 heterocycles. The van der Waals surface area contributed by atoms with E-state index in [0.29, 0.717) is 6.54 Å². The van der Waals surface area contributed by atoms with Crippen molar-refractivity contribution in [3.8, 4) is 11.5 Å². The quantitative estimate of drug-likeness (QED) is 0.677. The van der Waals surface area contributed by atoms with Gasteiger partial charge in [0.25, 0.3) is 0 Å². The molecule has 0 aromatic heterocycles. The molecule has 0 unspecified atom stereocenters. The third-order valence-electron chi connectivity index (χ3n) is 4.57. The van der Waals surface area contributed by atoms with E-state index in [1.54, 1.807) is 19.4 Å². The molecule has 0 amide bonds. The number of benzene rings is 3. The van der Waals surface area contributed by atoms with Crippen LogP contribution in [0.15, 0.2) is 65.7 Å². The molecule has 3 rings (SSSR count). The van der Waals surface area contributed by atoms with Gasteiger partial charge in [-0.3, -0.25) is 4.99 Å². The van der Waals surface area contributed by atoms with Gasteiger partial charge in [-0.15, -0.1) is 0 Å². The van der Waals surface area contributed by atoms with Gasteiger partial charge in [0.15, 0.2) is 0 Å². The Morgan fingerprint density at radius 1 is 1.04 bits per heavy atom. The average Bonchev–Trinajstić information content (AvgIpc) is 2.66. The molecule has 26 heavy (non-hydrogen) atoms. The molecule has 0 aliphatic heterocycles. The molecule has 134 valence electrons. The van der Waals surface area contributed by atoms with Crippen molar-refractivity contribution in [1.82, 2.24) is 4.90 Å². The summed E-state index contributed by atoms with van der Waals surface area (Å²) in [5, 5.41) is 12.3. The van der Waals surface area contributed by atoms with E-state index in [2.05, 4.69) is 22.0 Å². The van der Waals surface area contributed by atoms with E-state index in [1.807, 2.05) is 56.6 Å². The van der Waals surface area contributed by atoms with Crippen LogP contribution in [0.2, 0.25) is 0 Å². The first-order valence-corrected chi connectivity index (χ1v) is 8.61. The fraction of sp³-hybridized carbons (Fsp3) is 0.227. The van der Waals surface area contributed by atoms with E-state index in [4.69, 9.17) is 4.74 Å². The zero-order chi connectivity index (χ0) is 18.5. The van der Waals surface area contributed by atoms with Crippen LogP contribution >= 0.6 is 0 Å². The van der Waals surface area contributed by atoms with Gasteiger partial charge in [-0.05, 0) is 48.6 Å². The molecule has 3 aromatic rings. The lowest BCUT2D eigenvalue weighted by molar-refractivity contribution is 0.306. The number of phenols is 1. The Kier molecular flexibility index (Phi) is 5.54. The summed E-state index contributed by atoms with van der Waals surface area (Å²) >= 11 is 0. The lowest BCUT2D eigenvalue weighted by atomic mass is 10.0. The molecule has 0 fully saturated rings. The van der Waals surface area contributed by atoms with Gasteiger partial charge in [0.1, 0.15) is 11.5 Å². The lowest BCUT2D eigenvalue weighted by Crippen LogP contribution is -2.22. The van der Waals surface area contributed by atoms with E-state index in [0.717, 1.165) is 22.1 Å². The number of rotatable bonds is 6. The minimum Gasteiger partial charge on any atom is -0.507 e. The van der Waals surface area contributed by atoms with E-state index in [1.165, 1.54) is 5.56 Å². The van der Waals surface area contributed by atoms with Crippen LogP contribution in [0.3, 0.4) is 0 Å². The summed E-state index contributed by atoms with van der Waals surface area (Å²) < 4.78 is 5.23. The Hall–Kier alpha value is -2.85. The first kappa shape index (κ1) is 18.0. The predicted octanol–water partition coefficient (Wildman–Crippen LogP) is 4.28. The van der Waals surface area contributed by atoms with Crippen molar-refractivity contribution in [2.24, 2.45) is 4.99 Å². The monoisotopic (exact) mass is 348 g/mol. The second kappa shape index (κ2) is 8.02. The van der Waals surface area contributed by atoms with Crippen molar-refractivity contribution >= 4 is 17.0 Å². The molecule has 0 aliphatic carbocycles. The highest BCUT2D eigenvalue weighted by Crippen LogP contribution is 2.26. The standard InChI is InChI=1S/C22H24N2O2/c1-24(2)21(17-8-11-18(26-3)12-9-17)15-23-14-20-19-7-5-4-6-16(19)10-13-22(20)25/h4-14,21,25H,15H2,1-3H3/t21-/m0/s1. The topological polar surface area (TPSA) is 45.1 Å². The Morgan fingerprint density at radius 3 is 2.46 bits per heavy atom. The minimum atomic E-state index is 0.147. The number of aromatic hydroxyl groups is 1. The van der Waals surface area contributed by atoms with Crippen molar-refractivity contribution in [3.05, 3.63) is 71.8 Å². The van der Waals surface area contributed by atoms with Crippen LogP contribution in [0.1, 0.15) is 17.2 Å². The second-order valence-electron chi connectivity index (χ2n) is 6.47. The van der Waals surface area contributed by atoms with Gasteiger partial charge in [0.2, 0.25) is 0 Å². The van der Waals surface area contributed by atoms with E-state index < -0.39 is 0 Å². The molecule has 0 spiro atoms. The van der Waals surface area contributed by atoms with Gasteiger partial charge in [-0.25, -0.2) is 0 Å². The number of likely N-dealkylation sites (N-methyl/N-ethyl adjacent to an activating group) is 1.